The van der Waals surface area contributed by atoms with Crippen LogP contribution in [0, 0.1) is 45.8 Å². The molecule has 1 heterocycles. The highest BCUT2D eigenvalue weighted by molar-refractivity contribution is 5.83. The molecule has 0 bridgehead atoms. The summed E-state index contributed by atoms with van der Waals surface area (Å²) in [6.07, 6.45) is 12.5. The summed E-state index contributed by atoms with van der Waals surface area (Å²) in [5.74, 6) is 1.17. The molecule has 0 aromatic heterocycles. The van der Waals surface area contributed by atoms with Gasteiger partial charge in [0.1, 0.15) is 18.8 Å². The van der Waals surface area contributed by atoms with Gasteiger partial charge in [0.15, 0.2) is 0 Å². The van der Waals surface area contributed by atoms with E-state index < -0.39 is 11.6 Å². The van der Waals surface area contributed by atoms with E-state index in [1.165, 1.54) is 0 Å². The topological polar surface area (TPSA) is 98.9 Å². The van der Waals surface area contributed by atoms with Gasteiger partial charge < -0.3 is 20.3 Å². The summed E-state index contributed by atoms with van der Waals surface area (Å²) in [4.78, 5) is 24.2. The maximum absolute atomic E-state index is 12.5. The van der Waals surface area contributed by atoms with Gasteiger partial charge in [0.05, 0.1) is 5.60 Å². The molecular formula is C30H47NO5. The van der Waals surface area contributed by atoms with Crippen LogP contribution in [-0.2, 0) is 19.1 Å². The maximum atomic E-state index is 12.5. The second-order valence-corrected chi connectivity index (χ2v) is 14.0. The Balaban J connectivity index is 1.33. The summed E-state index contributed by atoms with van der Waals surface area (Å²) < 4.78 is 11.4. The van der Waals surface area contributed by atoms with E-state index in [2.05, 4.69) is 26.8 Å². The standard InChI is InChI=1S/C30H47NO5/c1-18(2)25(31)26(33)36-20-8-13-28(4)19(16-20)6-7-22-21(28)9-14-29(5)23(10-15-30(22,29)34)27(3)12-11-24(32)35-17-27/h11-12,18-23,25,34H,6-10,13-17,31H2,1-5H3/t19-,20+,21+,22-,23-,25?,27?,28+,29-,30+/m1/s1. The van der Waals surface area contributed by atoms with Gasteiger partial charge >= 0.3 is 11.9 Å². The zero-order chi connectivity index (χ0) is 26.1. The van der Waals surface area contributed by atoms with E-state index in [4.69, 9.17) is 15.2 Å². The Morgan fingerprint density at radius 1 is 1.08 bits per heavy atom. The van der Waals surface area contributed by atoms with Crippen LogP contribution >= 0.6 is 0 Å². The van der Waals surface area contributed by atoms with Gasteiger partial charge in [0.2, 0.25) is 0 Å². The van der Waals surface area contributed by atoms with Crippen LogP contribution in [0.3, 0.4) is 0 Å². The van der Waals surface area contributed by atoms with Crippen molar-refractivity contribution in [3.05, 3.63) is 12.2 Å². The summed E-state index contributed by atoms with van der Waals surface area (Å²) in [6.45, 7) is 11.3. The molecule has 10 atom stereocenters. The lowest BCUT2D eigenvalue weighted by atomic mass is 9.42. The molecule has 3 N–H and O–H groups in total. The molecule has 0 aromatic rings. The highest BCUT2D eigenvalue weighted by Crippen LogP contribution is 2.71. The molecule has 4 saturated carbocycles. The van der Waals surface area contributed by atoms with Crippen molar-refractivity contribution in [2.45, 2.75) is 110 Å². The lowest BCUT2D eigenvalue weighted by Crippen LogP contribution is -2.63. The smallest absolute Gasteiger partial charge is 0.330 e. The molecule has 5 rings (SSSR count). The average molecular weight is 502 g/mol. The summed E-state index contributed by atoms with van der Waals surface area (Å²) in [7, 11) is 0. The van der Waals surface area contributed by atoms with E-state index in [1.54, 1.807) is 6.08 Å². The van der Waals surface area contributed by atoms with E-state index >= 15 is 0 Å². The molecule has 0 spiro atoms. The summed E-state index contributed by atoms with van der Waals surface area (Å²) in [5.41, 5.74) is 5.14. The lowest BCUT2D eigenvalue weighted by molar-refractivity contribution is -0.218. The van der Waals surface area contributed by atoms with Crippen LogP contribution in [-0.4, -0.2) is 41.4 Å². The first-order chi connectivity index (χ1) is 16.8. The Morgan fingerprint density at radius 2 is 1.83 bits per heavy atom. The minimum absolute atomic E-state index is 0.0366. The van der Waals surface area contributed by atoms with E-state index in [9.17, 15) is 14.7 Å². The number of nitrogens with two attached hydrogens (primary N) is 1. The van der Waals surface area contributed by atoms with E-state index in [-0.39, 0.29) is 40.2 Å². The first-order valence-corrected chi connectivity index (χ1v) is 14.4. The predicted molar refractivity (Wildman–Crippen MR) is 138 cm³/mol. The molecule has 36 heavy (non-hydrogen) atoms. The van der Waals surface area contributed by atoms with Crippen molar-refractivity contribution in [3.63, 3.8) is 0 Å². The Kier molecular flexibility index (Phi) is 6.43. The van der Waals surface area contributed by atoms with E-state index in [0.29, 0.717) is 30.3 Å². The summed E-state index contributed by atoms with van der Waals surface area (Å²) >= 11 is 0. The van der Waals surface area contributed by atoms with Crippen LogP contribution < -0.4 is 5.73 Å². The van der Waals surface area contributed by atoms with Gasteiger partial charge in [-0.2, -0.15) is 0 Å². The molecule has 202 valence electrons. The molecule has 6 heteroatoms. The monoisotopic (exact) mass is 501 g/mol. The number of rotatable bonds is 4. The van der Waals surface area contributed by atoms with Crippen molar-refractivity contribution in [1.29, 1.82) is 0 Å². The zero-order valence-electron chi connectivity index (χ0n) is 22.9. The fourth-order valence-corrected chi connectivity index (χ4v) is 9.66. The Morgan fingerprint density at radius 3 is 2.50 bits per heavy atom. The van der Waals surface area contributed by atoms with Gasteiger partial charge in [-0.1, -0.05) is 40.7 Å². The van der Waals surface area contributed by atoms with Gasteiger partial charge in [-0.05, 0) is 92.8 Å². The number of aliphatic hydroxyl groups is 1. The molecule has 5 aliphatic rings. The van der Waals surface area contributed by atoms with Gasteiger partial charge in [-0.25, -0.2) is 4.79 Å². The number of fused-ring (bicyclic) bond motifs is 5. The SMILES string of the molecule is CC(C)C(N)C(=O)O[C@H]1CC[C@@]2(C)[C@H](CC[C@@H]3[C@@H]2CC[C@]2(C)[C@@H](C4(C)C=CC(=O)OC4)CC[C@]32O)C1. The molecule has 0 aromatic carbocycles. The highest BCUT2D eigenvalue weighted by Gasteiger charge is 2.69. The predicted octanol–water partition coefficient (Wildman–Crippen LogP) is 4.77. The number of esters is 2. The summed E-state index contributed by atoms with van der Waals surface area (Å²) in [5, 5.41) is 12.5. The molecule has 1 aliphatic heterocycles. The molecule has 4 aliphatic carbocycles. The van der Waals surface area contributed by atoms with Crippen LogP contribution in [0.2, 0.25) is 0 Å². The highest BCUT2D eigenvalue weighted by atomic mass is 16.5. The van der Waals surface area contributed by atoms with E-state index in [1.807, 2.05) is 13.8 Å². The summed E-state index contributed by atoms with van der Waals surface area (Å²) in [6, 6.07) is -0.556. The average Bonchev–Trinajstić information content (AvgIpc) is 3.12. The number of cyclic esters (lactones) is 1. The Labute approximate surface area is 216 Å². The molecular weight excluding hydrogens is 454 g/mol. The van der Waals surface area contributed by atoms with Gasteiger partial charge in [0.25, 0.3) is 0 Å². The molecule has 0 saturated heterocycles. The normalized spacial score (nSPS) is 49.0. The van der Waals surface area contributed by atoms with Gasteiger partial charge in [0, 0.05) is 16.9 Å². The van der Waals surface area contributed by atoms with Crippen LogP contribution in [0.5, 0.6) is 0 Å². The number of carbonyl (C=O) groups excluding carboxylic acids is 2. The number of hydrogen-bond acceptors (Lipinski definition) is 6. The third-order valence-electron chi connectivity index (χ3n) is 12.0. The zero-order valence-corrected chi connectivity index (χ0v) is 22.9. The van der Waals surface area contributed by atoms with Gasteiger partial charge in [-0.15, -0.1) is 0 Å². The Hall–Kier alpha value is -1.40. The van der Waals surface area contributed by atoms with Crippen LogP contribution in [0.4, 0.5) is 0 Å². The Bertz CT molecular complexity index is 932. The van der Waals surface area contributed by atoms with Crippen molar-refractivity contribution in [2.75, 3.05) is 6.61 Å². The third kappa shape index (κ3) is 3.80. The maximum Gasteiger partial charge on any atom is 0.330 e. The van der Waals surface area contributed by atoms with Crippen LogP contribution in [0.25, 0.3) is 0 Å². The van der Waals surface area contributed by atoms with Crippen LogP contribution in [0.15, 0.2) is 12.2 Å². The van der Waals surface area contributed by atoms with E-state index in [0.717, 1.165) is 57.8 Å². The minimum Gasteiger partial charge on any atom is -0.462 e. The van der Waals surface area contributed by atoms with Crippen molar-refractivity contribution >= 4 is 11.9 Å². The molecule has 6 nitrogen and oxygen atoms in total. The fraction of sp³-hybridized carbons (Fsp3) is 0.867. The number of hydrogen-bond donors (Lipinski definition) is 2. The molecule has 4 fully saturated rings. The first kappa shape index (κ1) is 26.2. The third-order valence-corrected chi connectivity index (χ3v) is 12.0. The van der Waals surface area contributed by atoms with Crippen molar-refractivity contribution in [1.82, 2.24) is 0 Å². The van der Waals surface area contributed by atoms with Crippen molar-refractivity contribution in [2.24, 2.45) is 51.6 Å². The largest absolute Gasteiger partial charge is 0.462 e. The number of carbonyl (C=O) groups is 2. The van der Waals surface area contributed by atoms with Crippen molar-refractivity contribution < 1.29 is 24.2 Å². The molecule has 2 unspecified atom stereocenters. The number of ether oxygens (including phenoxy) is 2. The molecule has 0 amide bonds. The second kappa shape index (κ2) is 8.83. The lowest BCUT2D eigenvalue weighted by Gasteiger charge is -2.64. The quantitative estimate of drug-likeness (QED) is 0.538. The molecule has 0 radical (unpaired) electrons. The van der Waals surface area contributed by atoms with Crippen molar-refractivity contribution in [3.8, 4) is 0 Å². The minimum atomic E-state index is -0.680. The first-order valence-electron chi connectivity index (χ1n) is 14.4. The fourth-order valence-electron chi connectivity index (χ4n) is 9.66. The second-order valence-electron chi connectivity index (χ2n) is 14.0. The van der Waals surface area contributed by atoms with Crippen LogP contribution in [0.1, 0.15) is 92.4 Å². The van der Waals surface area contributed by atoms with Gasteiger partial charge in [-0.3, -0.25) is 4.79 Å².